The van der Waals surface area contributed by atoms with E-state index in [4.69, 9.17) is 15.1 Å². The normalized spacial score (nSPS) is 10.8. The highest BCUT2D eigenvalue weighted by Crippen LogP contribution is 2.37. The topological polar surface area (TPSA) is 73.6 Å². The van der Waals surface area contributed by atoms with Crippen molar-refractivity contribution in [1.29, 1.82) is 5.26 Å². The third-order valence-electron chi connectivity index (χ3n) is 4.15. The summed E-state index contributed by atoms with van der Waals surface area (Å²) in [5.41, 5.74) is 2.96. The van der Waals surface area contributed by atoms with Crippen LogP contribution in [0.15, 0.2) is 84.4 Å². The highest BCUT2D eigenvalue weighted by atomic mass is 16.5. The van der Waals surface area contributed by atoms with Gasteiger partial charge >= 0.3 is 5.97 Å². The number of nitriles is 1. The van der Waals surface area contributed by atoms with Crippen molar-refractivity contribution < 1.29 is 14.6 Å². The third kappa shape index (κ3) is 4.02. The number of aliphatic carboxylic acids is 1. The molecular weight excluding hydrogens is 352 g/mol. The van der Waals surface area contributed by atoms with Gasteiger partial charge in [-0.1, -0.05) is 36.4 Å². The Morgan fingerprint density at radius 2 is 1.54 bits per heavy atom. The average molecular weight is 370 g/mol. The highest BCUT2D eigenvalue weighted by Gasteiger charge is 2.15. The van der Waals surface area contributed by atoms with Crippen LogP contribution in [-0.4, -0.2) is 18.2 Å². The van der Waals surface area contributed by atoms with E-state index in [1.54, 1.807) is 12.1 Å². The zero-order valence-corrected chi connectivity index (χ0v) is 15.2. The van der Waals surface area contributed by atoms with Crippen molar-refractivity contribution in [3.63, 3.8) is 0 Å². The van der Waals surface area contributed by atoms with Crippen LogP contribution in [0.3, 0.4) is 0 Å². The van der Waals surface area contributed by atoms with Crippen LogP contribution in [0.2, 0.25) is 0 Å². The number of methoxy groups -OCH3 is 1. The molecule has 5 nitrogen and oxygen atoms in total. The van der Waals surface area contributed by atoms with Crippen molar-refractivity contribution >= 4 is 29.1 Å². The zero-order valence-electron chi connectivity index (χ0n) is 15.2. The van der Waals surface area contributed by atoms with Gasteiger partial charge in [-0.25, -0.2) is 4.79 Å². The molecule has 0 saturated carbocycles. The minimum Gasteiger partial charge on any atom is -0.496 e. The fourth-order valence-corrected chi connectivity index (χ4v) is 2.86. The lowest BCUT2D eigenvalue weighted by atomic mass is 10.1. The first-order chi connectivity index (χ1) is 13.6. The summed E-state index contributed by atoms with van der Waals surface area (Å²) in [6, 6.07) is 26.9. The Labute approximate surface area is 163 Å². The molecule has 3 aromatic carbocycles. The Morgan fingerprint density at radius 3 is 2.00 bits per heavy atom. The van der Waals surface area contributed by atoms with Gasteiger partial charge < -0.3 is 14.7 Å². The van der Waals surface area contributed by atoms with E-state index in [2.05, 4.69) is 4.90 Å². The molecule has 138 valence electrons. The number of hydrogen-bond acceptors (Lipinski definition) is 4. The molecule has 0 radical (unpaired) electrons. The zero-order chi connectivity index (χ0) is 19.9. The first-order valence-corrected chi connectivity index (χ1v) is 8.57. The fourth-order valence-electron chi connectivity index (χ4n) is 2.86. The highest BCUT2D eigenvalue weighted by molar-refractivity contribution is 5.97. The molecule has 0 heterocycles. The van der Waals surface area contributed by atoms with Crippen molar-refractivity contribution in [2.24, 2.45) is 0 Å². The molecule has 0 aliphatic rings. The van der Waals surface area contributed by atoms with Gasteiger partial charge in [0.2, 0.25) is 0 Å². The van der Waals surface area contributed by atoms with Crippen LogP contribution < -0.4 is 9.64 Å². The Morgan fingerprint density at radius 1 is 0.964 bits per heavy atom. The van der Waals surface area contributed by atoms with Crippen molar-refractivity contribution in [3.05, 3.63) is 90.0 Å². The number of ether oxygens (including phenoxy) is 1. The maximum absolute atomic E-state index is 11.1. The third-order valence-corrected chi connectivity index (χ3v) is 4.15. The van der Waals surface area contributed by atoms with Crippen LogP contribution in [0, 0.1) is 11.3 Å². The van der Waals surface area contributed by atoms with Crippen LogP contribution in [0.4, 0.5) is 17.1 Å². The molecule has 3 rings (SSSR count). The van der Waals surface area contributed by atoms with E-state index in [9.17, 15) is 4.79 Å². The smallest absolute Gasteiger partial charge is 0.346 e. The van der Waals surface area contributed by atoms with Gasteiger partial charge in [-0.3, -0.25) is 0 Å². The standard InChI is InChI=1S/C23H18N2O3/c1-28-22-15-21(13-12-17(22)14-18(16-24)23(26)27)25(19-8-4-2-5-9-19)20-10-6-3-7-11-20/h2-15H,1H3,(H,26,27)/b18-14+. The van der Waals surface area contributed by atoms with Gasteiger partial charge in [-0.05, 0) is 42.5 Å². The van der Waals surface area contributed by atoms with Gasteiger partial charge in [-0.2, -0.15) is 5.26 Å². The lowest BCUT2D eigenvalue weighted by Crippen LogP contribution is -2.10. The predicted molar refractivity (Wildman–Crippen MR) is 109 cm³/mol. The molecule has 0 aliphatic carbocycles. The average Bonchev–Trinajstić information content (AvgIpc) is 2.74. The number of anilines is 3. The van der Waals surface area contributed by atoms with Crippen LogP contribution in [0.25, 0.3) is 6.08 Å². The van der Waals surface area contributed by atoms with E-state index in [0.717, 1.165) is 17.1 Å². The van der Waals surface area contributed by atoms with Crippen molar-refractivity contribution in [2.75, 3.05) is 12.0 Å². The Balaban J connectivity index is 2.12. The SMILES string of the molecule is COc1cc(N(c2ccccc2)c2ccccc2)ccc1/C=C(\C#N)C(=O)O. The number of carboxylic acids is 1. The molecule has 5 heteroatoms. The number of hydrogen-bond donors (Lipinski definition) is 1. The molecule has 0 unspecified atom stereocenters. The quantitative estimate of drug-likeness (QED) is 0.479. The van der Waals surface area contributed by atoms with Gasteiger partial charge in [0.25, 0.3) is 0 Å². The Hall–Kier alpha value is -4.04. The summed E-state index contributed by atoms with van der Waals surface area (Å²) in [5.74, 6) is -0.799. The number of rotatable bonds is 6. The molecule has 28 heavy (non-hydrogen) atoms. The van der Waals surface area contributed by atoms with Crippen LogP contribution in [-0.2, 0) is 4.79 Å². The monoisotopic (exact) mass is 370 g/mol. The summed E-state index contributed by atoms with van der Waals surface area (Å²) in [4.78, 5) is 13.2. The second kappa shape index (κ2) is 8.56. The maximum Gasteiger partial charge on any atom is 0.346 e. The van der Waals surface area contributed by atoms with E-state index in [1.807, 2.05) is 72.8 Å². The van der Waals surface area contributed by atoms with Crippen LogP contribution in [0.5, 0.6) is 5.75 Å². The van der Waals surface area contributed by atoms with E-state index >= 15 is 0 Å². The summed E-state index contributed by atoms with van der Waals surface area (Å²) < 4.78 is 5.46. The predicted octanol–water partition coefficient (Wildman–Crippen LogP) is 5.16. The van der Waals surface area contributed by atoms with Crippen LogP contribution in [0.1, 0.15) is 5.56 Å². The molecule has 0 bridgehead atoms. The van der Waals surface area contributed by atoms with Gasteiger partial charge in [0.15, 0.2) is 0 Å². The largest absolute Gasteiger partial charge is 0.496 e. The molecule has 0 aliphatic heterocycles. The summed E-state index contributed by atoms with van der Waals surface area (Å²) in [6.07, 6.45) is 1.31. The number of para-hydroxylation sites is 2. The molecular formula is C23H18N2O3. The second-order valence-electron chi connectivity index (χ2n) is 5.91. The van der Waals surface area contributed by atoms with Crippen molar-refractivity contribution in [2.45, 2.75) is 0 Å². The van der Waals surface area contributed by atoms with Gasteiger partial charge in [0.1, 0.15) is 17.4 Å². The van der Waals surface area contributed by atoms with E-state index in [1.165, 1.54) is 13.2 Å². The second-order valence-corrected chi connectivity index (χ2v) is 5.91. The summed E-state index contributed by atoms with van der Waals surface area (Å²) in [5, 5.41) is 18.1. The first kappa shape index (κ1) is 18.7. The number of carbonyl (C=O) groups is 1. The van der Waals surface area contributed by atoms with Crippen molar-refractivity contribution in [1.82, 2.24) is 0 Å². The van der Waals surface area contributed by atoms with Gasteiger partial charge in [0, 0.05) is 28.7 Å². The molecule has 0 spiro atoms. The van der Waals surface area contributed by atoms with E-state index in [0.29, 0.717) is 11.3 Å². The van der Waals surface area contributed by atoms with Crippen molar-refractivity contribution in [3.8, 4) is 11.8 Å². The minimum absolute atomic E-state index is 0.353. The molecule has 3 aromatic rings. The summed E-state index contributed by atoms with van der Waals surface area (Å²) in [7, 11) is 1.51. The van der Waals surface area contributed by atoms with Gasteiger partial charge in [0.05, 0.1) is 7.11 Å². The number of benzene rings is 3. The Bertz CT molecular complexity index is 999. The summed E-state index contributed by atoms with van der Waals surface area (Å²) in [6.45, 7) is 0. The van der Waals surface area contributed by atoms with E-state index < -0.39 is 5.97 Å². The first-order valence-electron chi connectivity index (χ1n) is 8.57. The molecule has 0 atom stereocenters. The number of nitrogens with zero attached hydrogens (tertiary/aromatic N) is 2. The summed E-state index contributed by atoms with van der Waals surface area (Å²) >= 11 is 0. The van der Waals surface area contributed by atoms with Gasteiger partial charge in [-0.15, -0.1) is 0 Å². The molecule has 1 N–H and O–H groups in total. The van der Waals surface area contributed by atoms with E-state index in [-0.39, 0.29) is 5.57 Å². The number of carboxylic acid groups (broad SMARTS) is 1. The minimum atomic E-state index is -1.27. The van der Waals surface area contributed by atoms with Crippen LogP contribution >= 0.6 is 0 Å². The lowest BCUT2D eigenvalue weighted by molar-refractivity contribution is -0.132. The maximum atomic E-state index is 11.1. The molecule has 0 fully saturated rings. The Kier molecular flexibility index (Phi) is 5.73. The fraction of sp³-hybridized carbons (Fsp3) is 0.0435. The molecule has 0 aromatic heterocycles. The molecule has 0 saturated heterocycles. The lowest BCUT2D eigenvalue weighted by Gasteiger charge is -2.26. The molecule has 0 amide bonds.